The fraction of sp³-hybridized carbons (Fsp3) is 0.286. The predicted octanol–water partition coefficient (Wildman–Crippen LogP) is 5.05. The molecule has 32 heavy (non-hydrogen) atoms. The molecule has 1 N–H and O–H groups in total. The van der Waals surface area contributed by atoms with E-state index in [2.05, 4.69) is 20.2 Å². The monoisotopic (exact) mass is 440 g/mol. The smallest absolute Gasteiger partial charge is 0.415 e. The van der Waals surface area contributed by atoms with Crippen molar-refractivity contribution in [2.45, 2.75) is 38.5 Å². The summed E-state index contributed by atoms with van der Waals surface area (Å²) < 4.78 is 33.7. The van der Waals surface area contributed by atoms with Gasteiger partial charge in [0.2, 0.25) is 0 Å². The van der Waals surface area contributed by atoms with E-state index in [1.165, 1.54) is 24.3 Å². The molecule has 11 heteroatoms. The van der Waals surface area contributed by atoms with Crippen molar-refractivity contribution in [1.29, 1.82) is 0 Å². The van der Waals surface area contributed by atoms with Gasteiger partial charge >= 0.3 is 6.09 Å². The molecule has 1 amide bonds. The maximum atomic E-state index is 14.5. The van der Waals surface area contributed by atoms with Crippen LogP contribution in [0.15, 0.2) is 46.3 Å². The Morgan fingerprint density at radius 2 is 1.91 bits per heavy atom. The zero-order valence-corrected chi connectivity index (χ0v) is 17.3. The maximum absolute atomic E-state index is 14.5. The fourth-order valence-corrected chi connectivity index (χ4v) is 3.80. The molecular weight excluding hydrogens is 422 g/mol. The predicted molar refractivity (Wildman–Crippen MR) is 112 cm³/mol. The SMILES string of the molecule is CC(C)(C)OC(=O)N1c2cc(F)cc3c(=O)[nH]nc(c23)C(N=[N+]=[N-])C1c1ccc(F)cc1. The summed E-state index contributed by atoms with van der Waals surface area (Å²) in [6.45, 7) is 4.98. The summed E-state index contributed by atoms with van der Waals surface area (Å²) in [5.74, 6) is -1.27. The molecule has 3 aromatic rings. The van der Waals surface area contributed by atoms with Gasteiger partial charge in [-0.05, 0) is 56.1 Å². The third-order valence-corrected chi connectivity index (χ3v) is 4.96. The van der Waals surface area contributed by atoms with Crippen molar-refractivity contribution >= 4 is 22.6 Å². The first kappa shape index (κ1) is 21.3. The zero-order chi connectivity index (χ0) is 23.2. The Morgan fingerprint density at radius 3 is 2.53 bits per heavy atom. The molecule has 0 aliphatic carbocycles. The number of H-pyrrole nitrogens is 1. The van der Waals surface area contributed by atoms with Crippen LogP contribution in [0.3, 0.4) is 0 Å². The van der Waals surface area contributed by atoms with Gasteiger partial charge in [-0.1, -0.05) is 17.2 Å². The third-order valence-electron chi connectivity index (χ3n) is 4.96. The van der Waals surface area contributed by atoms with Gasteiger partial charge in [0.1, 0.15) is 23.3 Å². The molecule has 0 spiro atoms. The van der Waals surface area contributed by atoms with Gasteiger partial charge in [0.25, 0.3) is 5.56 Å². The van der Waals surface area contributed by atoms with Crippen molar-refractivity contribution < 1.29 is 18.3 Å². The number of nitrogens with zero attached hydrogens (tertiary/aromatic N) is 5. The number of hydrogen-bond acceptors (Lipinski definition) is 5. The lowest BCUT2D eigenvalue weighted by atomic mass is 9.88. The summed E-state index contributed by atoms with van der Waals surface area (Å²) in [6, 6.07) is 5.16. The lowest BCUT2D eigenvalue weighted by Crippen LogP contribution is -2.44. The molecular formula is C21H18F2N6O3. The van der Waals surface area contributed by atoms with Crippen LogP contribution in [-0.4, -0.2) is 21.9 Å². The molecule has 0 saturated carbocycles. The normalized spacial score (nSPS) is 17.7. The van der Waals surface area contributed by atoms with Crippen molar-refractivity contribution in [2.75, 3.05) is 4.90 Å². The summed E-state index contributed by atoms with van der Waals surface area (Å²) in [7, 11) is 0. The number of carbonyl (C=O) groups is 1. The summed E-state index contributed by atoms with van der Waals surface area (Å²) in [4.78, 5) is 29.7. The second-order valence-electron chi connectivity index (χ2n) is 8.28. The van der Waals surface area contributed by atoms with E-state index < -0.39 is 41.0 Å². The van der Waals surface area contributed by atoms with Crippen LogP contribution in [0.1, 0.15) is 44.1 Å². The number of azide groups is 1. The first-order valence-corrected chi connectivity index (χ1v) is 9.64. The molecule has 0 radical (unpaired) electrons. The van der Waals surface area contributed by atoms with Gasteiger partial charge in [-0.25, -0.2) is 18.7 Å². The molecule has 9 nitrogen and oxygen atoms in total. The van der Waals surface area contributed by atoms with E-state index in [0.29, 0.717) is 5.56 Å². The van der Waals surface area contributed by atoms with Crippen molar-refractivity contribution in [3.8, 4) is 0 Å². The van der Waals surface area contributed by atoms with E-state index in [0.717, 1.165) is 17.0 Å². The van der Waals surface area contributed by atoms with Crippen LogP contribution in [0.4, 0.5) is 19.3 Å². The number of halogens is 2. The molecule has 0 saturated heterocycles. The van der Waals surface area contributed by atoms with E-state index in [4.69, 9.17) is 4.74 Å². The molecule has 1 aromatic heterocycles. The zero-order valence-electron chi connectivity index (χ0n) is 17.3. The number of amides is 1. The van der Waals surface area contributed by atoms with Gasteiger partial charge in [0.05, 0.1) is 22.8 Å². The molecule has 164 valence electrons. The van der Waals surface area contributed by atoms with Crippen LogP contribution in [0.2, 0.25) is 0 Å². The number of hydrogen-bond donors (Lipinski definition) is 1. The lowest BCUT2D eigenvalue weighted by molar-refractivity contribution is 0.0558. The highest BCUT2D eigenvalue weighted by molar-refractivity contribution is 6.04. The number of carbonyl (C=O) groups excluding carboxylic acids is 1. The van der Waals surface area contributed by atoms with Crippen LogP contribution in [0.5, 0.6) is 0 Å². The van der Waals surface area contributed by atoms with Gasteiger partial charge in [-0.15, -0.1) is 0 Å². The van der Waals surface area contributed by atoms with Gasteiger partial charge in [0.15, 0.2) is 0 Å². The lowest BCUT2D eigenvalue weighted by Gasteiger charge is -2.40. The highest BCUT2D eigenvalue weighted by atomic mass is 19.1. The Hall–Kier alpha value is -3.98. The third kappa shape index (κ3) is 3.63. The molecule has 2 heterocycles. The van der Waals surface area contributed by atoms with Crippen molar-refractivity contribution in [3.05, 3.63) is 80.1 Å². The minimum absolute atomic E-state index is 0.0292. The summed E-state index contributed by atoms with van der Waals surface area (Å²) >= 11 is 0. The molecule has 2 atom stereocenters. The van der Waals surface area contributed by atoms with Crippen LogP contribution < -0.4 is 10.5 Å². The van der Waals surface area contributed by atoms with Crippen LogP contribution in [0, 0.1) is 11.6 Å². The molecule has 0 bridgehead atoms. The Labute approximate surface area is 180 Å². The fourth-order valence-electron chi connectivity index (χ4n) is 3.80. The average molecular weight is 440 g/mol. The summed E-state index contributed by atoms with van der Waals surface area (Å²) in [6.07, 6.45) is -0.859. The quantitative estimate of drug-likeness (QED) is 0.340. The number of rotatable bonds is 2. The molecule has 0 fully saturated rings. The number of aromatic amines is 1. The highest BCUT2D eigenvalue weighted by Crippen LogP contribution is 2.48. The van der Waals surface area contributed by atoms with E-state index in [-0.39, 0.29) is 22.2 Å². The van der Waals surface area contributed by atoms with Crippen molar-refractivity contribution in [1.82, 2.24) is 10.2 Å². The van der Waals surface area contributed by atoms with Crippen LogP contribution in [0.25, 0.3) is 21.2 Å². The highest BCUT2D eigenvalue weighted by Gasteiger charge is 2.43. The minimum Gasteiger partial charge on any atom is -0.443 e. The first-order chi connectivity index (χ1) is 15.1. The van der Waals surface area contributed by atoms with Gasteiger partial charge in [-0.2, -0.15) is 5.10 Å². The van der Waals surface area contributed by atoms with Gasteiger partial charge in [0, 0.05) is 10.3 Å². The number of anilines is 1. The number of ether oxygens (including phenoxy) is 1. The number of aromatic nitrogens is 2. The van der Waals surface area contributed by atoms with Gasteiger partial charge in [-0.3, -0.25) is 9.69 Å². The second kappa shape index (κ2) is 7.61. The Morgan fingerprint density at radius 1 is 1.22 bits per heavy atom. The van der Waals surface area contributed by atoms with E-state index in [1.807, 2.05) is 0 Å². The average Bonchev–Trinajstić information content (AvgIpc) is 2.70. The molecule has 4 rings (SSSR count). The largest absolute Gasteiger partial charge is 0.443 e. The minimum atomic E-state index is -1.12. The maximum Gasteiger partial charge on any atom is 0.415 e. The molecule has 2 unspecified atom stereocenters. The van der Waals surface area contributed by atoms with Crippen molar-refractivity contribution in [2.24, 2.45) is 5.11 Å². The van der Waals surface area contributed by atoms with E-state index in [9.17, 15) is 23.9 Å². The van der Waals surface area contributed by atoms with Crippen LogP contribution in [-0.2, 0) is 4.74 Å². The Kier molecular flexibility index (Phi) is 5.06. The Balaban J connectivity index is 2.08. The van der Waals surface area contributed by atoms with E-state index >= 15 is 0 Å². The molecule has 2 aromatic carbocycles. The van der Waals surface area contributed by atoms with Crippen molar-refractivity contribution in [3.63, 3.8) is 0 Å². The van der Waals surface area contributed by atoms with E-state index in [1.54, 1.807) is 20.8 Å². The van der Waals surface area contributed by atoms with Crippen LogP contribution >= 0.6 is 0 Å². The van der Waals surface area contributed by atoms with Gasteiger partial charge < -0.3 is 4.74 Å². The summed E-state index contributed by atoms with van der Waals surface area (Å²) in [5.41, 5.74) is 8.24. The second-order valence-corrected chi connectivity index (χ2v) is 8.28. The number of nitrogens with one attached hydrogen (secondary N) is 1. The Bertz CT molecular complexity index is 1330. The molecule has 1 aliphatic rings. The topological polar surface area (TPSA) is 124 Å². The number of benzene rings is 2. The summed E-state index contributed by atoms with van der Waals surface area (Å²) in [5, 5.41) is 10.3. The molecule has 1 aliphatic heterocycles. The first-order valence-electron chi connectivity index (χ1n) is 9.64. The standard InChI is InChI=1S/C21H18F2N6O3/c1-21(2,3)32-20(31)29-14-9-12(23)8-13-15(14)16(25-27-19(13)30)17(26-28-24)18(29)10-4-6-11(22)7-5-10/h4-9,17-18H,1-3H3,(H,27,30).